The molecule has 0 saturated carbocycles. The molecule has 0 aliphatic heterocycles. The molecule has 0 aliphatic carbocycles. The van der Waals surface area contributed by atoms with Crippen molar-refractivity contribution in [1.82, 2.24) is 10.6 Å². The van der Waals surface area contributed by atoms with Gasteiger partial charge in [-0.05, 0) is 50.6 Å². The summed E-state index contributed by atoms with van der Waals surface area (Å²) in [6.07, 6.45) is 1.01. The maximum atomic E-state index is 14.5. The number of anilines is 1. The fraction of sp³-hybridized carbons (Fsp3) is 0.333. The standard InChI is InChI=1S/C24H29ClFN3O5/c1-15(2)34-20-10-9-18(11-19(20)26)29(4)21(27-13-16-5-7-17(25)8-6-16)12-22(30)28-14-24(3,33)23(31)32/h5-12,15,27,33H,13-14H2,1-4H3,(H,28,30)(H,31,32)/b21-12+. The van der Waals surface area contributed by atoms with E-state index in [1.807, 2.05) is 12.1 Å². The highest BCUT2D eigenvalue weighted by atomic mass is 35.5. The van der Waals surface area contributed by atoms with Crippen molar-refractivity contribution in [1.29, 1.82) is 0 Å². The first-order valence-corrected chi connectivity index (χ1v) is 10.9. The number of carbonyl (C=O) groups is 2. The number of hydrogen-bond donors (Lipinski definition) is 4. The van der Waals surface area contributed by atoms with E-state index in [1.54, 1.807) is 44.0 Å². The van der Waals surface area contributed by atoms with Crippen molar-refractivity contribution in [2.24, 2.45) is 0 Å². The monoisotopic (exact) mass is 493 g/mol. The van der Waals surface area contributed by atoms with Gasteiger partial charge in [0.1, 0.15) is 5.82 Å². The van der Waals surface area contributed by atoms with Crippen LogP contribution in [-0.4, -0.2) is 47.4 Å². The second-order valence-corrected chi connectivity index (χ2v) is 8.58. The molecule has 1 unspecified atom stereocenters. The van der Waals surface area contributed by atoms with Gasteiger partial charge in [-0.3, -0.25) is 4.79 Å². The molecular formula is C24H29ClFN3O5. The van der Waals surface area contributed by atoms with Gasteiger partial charge in [0, 0.05) is 36.4 Å². The molecule has 0 fully saturated rings. The van der Waals surface area contributed by atoms with Crippen molar-refractivity contribution in [2.45, 2.75) is 39.0 Å². The lowest BCUT2D eigenvalue weighted by atomic mass is 10.1. The van der Waals surface area contributed by atoms with Gasteiger partial charge in [0.05, 0.1) is 12.6 Å². The molecule has 0 saturated heterocycles. The number of ether oxygens (including phenoxy) is 1. The van der Waals surface area contributed by atoms with Crippen molar-refractivity contribution in [3.63, 3.8) is 0 Å². The van der Waals surface area contributed by atoms with Crippen LogP contribution in [0.2, 0.25) is 5.02 Å². The smallest absolute Gasteiger partial charge is 0.337 e. The first-order chi connectivity index (χ1) is 15.9. The third-order valence-electron chi connectivity index (χ3n) is 4.75. The first kappa shape index (κ1) is 26.9. The third-order valence-corrected chi connectivity index (χ3v) is 5.00. The van der Waals surface area contributed by atoms with Crippen molar-refractivity contribution in [3.8, 4) is 5.75 Å². The largest absolute Gasteiger partial charge is 0.488 e. The molecular weight excluding hydrogens is 465 g/mol. The number of aliphatic hydroxyl groups is 1. The number of amides is 1. The highest BCUT2D eigenvalue weighted by molar-refractivity contribution is 6.30. The van der Waals surface area contributed by atoms with Gasteiger partial charge in [-0.15, -0.1) is 0 Å². The number of nitrogens with zero attached hydrogens (tertiary/aromatic N) is 1. The minimum absolute atomic E-state index is 0.112. The SMILES string of the molecule is CC(C)Oc1ccc(N(C)/C(=C/C(=O)NCC(C)(O)C(=O)O)NCc2ccc(Cl)cc2)cc1F. The topological polar surface area (TPSA) is 111 Å². The van der Waals surface area contributed by atoms with E-state index in [0.717, 1.165) is 12.5 Å². The number of aliphatic carboxylic acids is 1. The fourth-order valence-electron chi connectivity index (χ4n) is 2.76. The molecule has 2 rings (SSSR count). The van der Waals surface area contributed by atoms with Crippen LogP contribution in [0.3, 0.4) is 0 Å². The molecule has 0 radical (unpaired) electrons. The first-order valence-electron chi connectivity index (χ1n) is 10.5. The Morgan fingerprint density at radius 3 is 2.41 bits per heavy atom. The van der Waals surface area contributed by atoms with Crippen LogP contribution in [0.5, 0.6) is 5.75 Å². The number of hydrogen-bond acceptors (Lipinski definition) is 6. The molecule has 8 nitrogen and oxygen atoms in total. The van der Waals surface area contributed by atoms with Gasteiger partial charge in [0.2, 0.25) is 5.91 Å². The van der Waals surface area contributed by atoms with Gasteiger partial charge in [0.25, 0.3) is 0 Å². The molecule has 34 heavy (non-hydrogen) atoms. The summed E-state index contributed by atoms with van der Waals surface area (Å²) in [5.74, 6) is -2.25. The summed E-state index contributed by atoms with van der Waals surface area (Å²) >= 11 is 5.93. The van der Waals surface area contributed by atoms with Crippen LogP contribution < -0.4 is 20.3 Å². The number of carboxylic acid groups (broad SMARTS) is 1. The number of benzene rings is 2. The van der Waals surface area contributed by atoms with E-state index in [-0.39, 0.29) is 11.9 Å². The van der Waals surface area contributed by atoms with Gasteiger partial charge in [-0.25, -0.2) is 9.18 Å². The van der Waals surface area contributed by atoms with E-state index in [4.69, 9.17) is 21.4 Å². The normalized spacial score (nSPS) is 13.2. The summed E-state index contributed by atoms with van der Waals surface area (Å²) < 4.78 is 20.0. The molecule has 0 bridgehead atoms. The van der Waals surface area contributed by atoms with Crippen molar-refractivity contribution in [3.05, 3.63) is 70.8 Å². The zero-order valence-electron chi connectivity index (χ0n) is 19.4. The highest BCUT2D eigenvalue weighted by Gasteiger charge is 2.30. The Morgan fingerprint density at radius 1 is 1.21 bits per heavy atom. The van der Waals surface area contributed by atoms with E-state index < -0.39 is 29.8 Å². The number of halogens is 2. The summed E-state index contributed by atoms with van der Waals surface area (Å²) in [5.41, 5.74) is -0.805. The maximum Gasteiger partial charge on any atom is 0.337 e. The Kier molecular flexibility index (Phi) is 9.28. The molecule has 1 amide bonds. The lowest BCUT2D eigenvalue weighted by Crippen LogP contribution is -2.46. The third kappa shape index (κ3) is 7.93. The summed E-state index contributed by atoms with van der Waals surface area (Å²) in [7, 11) is 1.64. The van der Waals surface area contributed by atoms with Crippen LogP contribution in [0.4, 0.5) is 10.1 Å². The van der Waals surface area contributed by atoms with E-state index >= 15 is 0 Å². The Labute approximate surface area is 203 Å². The molecule has 184 valence electrons. The number of rotatable bonds is 11. The van der Waals surface area contributed by atoms with Crippen LogP contribution in [0, 0.1) is 5.82 Å². The predicted octanol–water partition coefficient (Wildman–Crippen LogP) is 3.29. The van der Waals surface area contributed by atoms with Gasteiger partial charge in [0.15, 0.2) is 17.2 Å². The summed E-state index contributed by atoms with van der Waals surface area (Å²) in [4.78, 5) is 25.1. The van der Waals surface area contributed by atoms with Gasteiger partial charge in [-0.1, -0.05) is 23.7 Å². The Hall–Kier alpha value is -3.30. The average molecular weight is 494 g/mol. The van der Waals surface area contributed by atoms with E-state index in [0.29, 0.717) is 23.1 Å². The molecule has 1 atom stereocenters. The van der Waals surface area contributed by atoms with Crippen molar-refractivity contribution < 1.29 is 28.9 Å². The van der Waals surface area contributed by atoms with Crippen LogP contribution in [0.25, 0.3) is 0 Å². The van der Waals surface area contributed by atoms with Crippen molar-refractivity contribution in [2.75, 3.05) is 18.5 Å². The molecule has 2 aromatic carbocycles. The molecule has 0 heterocycles. The molecule has 0 aliphatic rings. The second kappa shape index (κ2) is 11.7. The number of carboxylic acids is 1. The lowest BCUT2D eigenvalue weighted by Gasteiger charge is -2.25. The molecule has 0 spiro atoms. The van der Waals surface area contributed by atoms with Crippen LogP contribution in [-0.2, 0) is 16.1 Å². The highest BCUT2D eigenvalue weighted by Crippen LogP contribution is 2.25. The van der Waals surface area contributed by atoms with Crippen molar-refractivity contribution >= 4 is 29.2 Å². The second-order valence-electron chi connectivity index (χ2n) is 8.15. The minimum atomic E-state index is -2.12. The number of carbonyl (C=O) groups excluding carboxylic acids is 1. The number of nitrogens with one attached hydrogen (secondary N) is 2. The molecule has 10 heteroatoms. The Morgan fingerprint density at radius 2 is 1.85 bits per heavy atom. The van der Waals surface area contributed by atoms with Crippen LogP contribution in [0.1, 0.15) is 26.3 Å². The predicted molar refractivity (Wildman–Crippen MR) is 128 cm³/mol. The van der Waals surface area contributed by atoms with E-state index in [1.165, 1.54) is 18.2 Å². The average Bonchev–Trinajstić information content (AvgIpc) is 2.77. The van der Waals surface area contributed by atoms with Gasteiger partial charge in [-0.2, -0.15) is 0 Å². The van der Waals surface area contributed by atoms with E-state index in [2.05, 4.69) is 10.6 Å². The zero-order chi connectivity index (χ0) is 25.5. The fourth-order valence-corrected chi connectivity index (χ4v) is 2.88. The minimum Gasteiger partial charge on any atom is -0.488 e. The van der Waals surface area contributed by atoms with E-state index in [9.17, 15) is 19.1 Å². The van der Waals surface area contributed by atoms with Crippen LogP contribution >= 0.6 is 11.6 Å². The maximum absolute atomic E-state index is 14.5. The summed E-state index contributed by atoms with van der Waals surface area (Å²) in [5, 5.41) is 24.9. The summed E-state index contributed by atoms with van der Waals surface area (Å²) in [6, 6.07) is 11.5. The van der Waals surface area contributed by atoms with Gasteiger partial charge < -0.3 is 30.5 Å². The van der Waals surface area contributed by atoms with Gasteiger partial charge >= 0.3 is 5.97 Å². The summed E-state index contributed by atoms with van der Waals surface area (Å²) in [6.45, 7) is 4.49. The zero-order valence-corrected chi connectivity index (χ0v) is 20.2. The molecule has 0 aromatic heterocycles. The Balaban J connectivity index is 2.26. The molecule has 2 aromatic rings. The lowest BCUT2D eigenvalue weighted by molar-refractivity contribution is -0.156. The van der Waals surface area contributed by atoms with Crippen LogP contribution in [0.15, 0.2) is 54.4 Å². The molecule has 4 N–H and O–H groups in total. The quantitative estimate of drug-likeness (QED) is 0.355. The Bertz CT molecular complexity index is 1040.